The molecule has 5 nitrogen and oxygen atoms in total. The van der Waals surface area contributed by atoms with Crippen molar-refractivity contribution in [1.82, 2.24) is 4.90 Å². The van der Waals surface area contributed by atoms with Gasteiger partial charge >= 0.3 is 0 Å². The van der Waals surface area contributed by atoms with Gasteiger partial charge in [-0.3, -0.25) is 10.1 Å². The predicted molar refractivity (Wildman–Crippen MR) is 81.0 cm³/mol. The molecule has 0 amide bonds. The fourth-order valence-corrected chi connectivity index (χ4v) is 2.74. The zero-order valence-electron chi connectivity index (χ0n) is 12.5. The van der Waals surface area contributed by atoms with Crippen LogP contribution in [-0.4, -0.2) is 35.0 Å². The number of nitrogens with one attached hydrogen (secondary N) is 1. The molecule has 116 valence electrons. The van der Waals surface area contributed by atoms with Gasteiger partial charge < -0.3 is 10.2 Å². The Balaban J connectivity index is 2.04. The summed E-state index contributed by atoms with van der Waals surface area (Å²) >= 11 is 0. The van der Waals surface area contributed by atoms with E-state index in [2.05, 4.69) is 24.1 Å². The Bertz CT molecular complexity index is 508. The standard InChI is InChI=1S/C15H22FN3O2/c1-11(2)18-8-3-4-12(7-9-18)17-15-10-13(19(20)21)5-6-14(15)16/h5-6,10-12,17H,3-4,7-9H2,1-2H3. The SMILES string of the molecule is CC(C)N1CCCC(Nc2cc([N+](=O)[O-])ccc2F)CC1. The third-order valence-electron chi connectivity index (χ3n) is 4.01. The molecule has 1 fully saturated rings. The van der Waals surface area contributed by atoms with Crippen LogP contribution in [0.5, 0.6) is 0 Å². The highest BCUT2D eigenvalue weighted by Gasteiger charge is 2.20. The lowest BCUT2D eigenvalue weighted by molar-refractivity contribution is -0.384. The number of nitro benzene ring substituents is 1. The lowest BCUT2D eigenvalue weighted by Crippen LogP contribution is -2.32. The van der Waals surface area contributed by atoms with Crippen LogP contribution in [0, 0.1) is 15.9 Å². The number of anilines is 1. The van der Waals surface area contributed by atoms with E-state index in [0.29, 0.717) is 6.04 Å². The molecule has 1 aromatic carbocycles. The summed E-state index contributed by atoms with van der Waals surface area (Å²) in [7, 11) is 0. The van der Waals surface area contributed by atoms with Crippen LogP contribution in [0.1, 0.15) is 33.1 Å². The van der Waals surface area contributed by atoms with E-state index in [4.69, 9.17) is 0 Å². The summed E-state index contributed by atoms with van der Waals surface area (Å²) in [6.45, 7) is 6.36. The molecule has 2 rings (SSSR count). The Labute approximate surface area is 124 Å². The maximum Gasteiger partial charge on any atom is 0.271 e. The number of hydrogen-bond donors (Lipinski definition) is 1. The maximum absolute atomic E-state index is 13.8. The maximum atomic E-state index is 13.8. The van der Waals surface area contributed by atoms with Gasteiger partial charge in [0.1, 0.15) is 5.82 Å². The van der Waals surface area contributed by atoms with Gasteiger partial charge in [-0.1, -0.05) is 0 Å². The van der Waals surface area contributed by atoms with Gasteiger partial charge in [-0.05, 0) is 45.7 Å². The molecule has 0 saturated carbocycles. The molecule has 1 N–H and O–H groups in total. The molecule has 1 aromatic rings. The average molecular weight is 295 g/mol. The van der Waals surface area contributed by atoms with Crippen molar-refractivity contribution in [3.05, 3.63) is 34.1 Å². The van der Waals surface area contributed by atoms with Gasteiger partial charge in [0.2, 0.25) is 0 Å². The van der Waals surface area contributed by atoms with Crippen LogP contribution in [-0.2, 0) is 0 Å². The fraction of sp³-hybridized carbons (Fsp3) is 0.600. The van der Waals surface area contributed by atoms with E-state index in [9.17, 15) is 14.5 Å². The number of hydrogen-bond acceptors (Lipinski definition) is 4. The van der Waals surface area contributed by atoms with Gasteiger partial charge in [0.15, 0.2) is 0 Å². The quantitative estimate of drug-likeness (QED) is 0.683. The van der Waals surface area contributed by atoms with Crippen molar-refractivity contribution in [2.45, 2.75) is 45.2 Å². The molecule has 6 heteroatoms. The minimum absolute atomic E-state index is 0.0867. The molecule has 0 aliphatic carbocycles. The molecule has 1 unspecified atom stereocenters. The van der Waals surface area contributed by atoms with Gasteiger partial charge in [-0.15, -0.1) is 0 Å². The van der Waals surface area contributed by atoms with E-state index in [0.717, 1.165) is 38.4 Å². The van der Waals surface area contributed by atoms with Crippen LogP contribution >= 0.6 is 0 Å². The van der Waals surface area contributed by atoms with Crippen molar-refractivity contribution < 1.29 is 9.31 Å². The molecule has 1 heterocycles. The van der Waals surface area contributed by atoms with E-state index in [1.54, 1.807) is 0 Å². The van der Waals surface area contributed by atoms with Crippen molar-refractivity contribution >= 4 is 11.4 Å². The van der Waals surface area contributed by atoms with Crippen LogP contribution in [0.2, 0.25) is 0 Å². The third-order valence-corrected chi connectivity index (χ3v) is 4.01. The molecule has 21 heavy (non-hydrogen) atoms. The molecule has 1 atom stereocenters. The van der Waals surface area contributed by atoms with E-state index in [-0.39, 0.29) is 17.4 Å². The summed E-state index contributed by atoms with van der Waals surface area (Å²) in [4.78, 5) is 12.7. The van der Waals surface area contributed by atoms with Gasteiger partial charge in [0, 0.05) is 30.8 Å². The first-order valence-electron chi connectivity index (χ1n) is 7.42. The van der Waals surface area contributed by atoms with Crippen LogP contribution < -0.4 is 5.32 Å². The van der Waals surface area contributed by atoms with Crippen molar-refractivity contribution in [2.75, 3.05) is 18.4 Å². The highest BCUT2D eigenvalue weighted by Crippen LogP contribution is 2.24. The van der Waals surface area contributed by atoms with Crippen molar-refractivity contribution in [2.24, 2.45) is 0 Å². The lowest BCUT2D eigenvalue weighted by Gasteiger charge is -2.24. The highest BCUT2D eigenvalue weighted by molar-refractivity contribution is 5.52. The number of halogens is 1. The highest BCUT2D eigenvalue weighted by atomic mass is 19.1. The summed E-state index contributed by atoms with van der Waals surface area (Å²) < 4.78 is 13.8. The van der Waals surface area contributed by atoms with Crippen LogP contribution in [0.15, 0.2) is 18.2 Å². The Morgan fingerprint density at radius 2 is 2.14 bits per heavy atom. The van der Waals surface area contributed by atoms with E-state index < -0.39 is 10.7 Å². The Kier molecular flexibility index (Phi) is 5.12. The molecule has 1 saturated heterocycles. The molecule has 1 aliphatic heterocycles. The van der Waals surface area contributed by atoms with Crippen molar-refractivity contribution in [3.8, 4) is 0 Å². The summed E-state index contributed by atoms with van der Waals surface area (Å²) in [6.07, 6.45) is 2.91. The smallest absolute Gasteiger partial charge is 0.271 e. The normalized spacial score (nSPS) is 20.3. The molecule has 0 radical (unpaired) electrons. The first-order chi connectivity index (χ1) is 9.97. The number of likely N-dealkylation sites (tertiary alicyclic amines) is 1. The molecular formula is C15H22FN3O2. The second-order valence-electron chi connectivity index (χ2n) is 5.82. The second-order valence-corrected chi connectivity index (χ2v) is 5.82. The van der Waals surface area contributed by atoms with Crippen molar-refractivity contribution in [1.29, 1.82) is 0 Å². The minimum atomic E-state index is -0.502. The Hall–Kier alpha value is -1.69. The minimum Gasteiger partial charge on any atom is -0.380 e. The monoisotopic (exact) mass is 295 g/mol. The Morgan fingerprint density at radius 3 is 2.81 bits per heavy atom. The number of benzene rings is 1. The summed E-state index contributed by atoms with van der Waals surface area (Å²) in [5, 5.41) is 13.9. The zero-order valence-corrected chi connectivity index (χ0v) is 12.5. The van der Waals surface area contributed by atoms with Crippen LogP contribution in [0.4, 0.5) is 15.8 Å². The largest absolute Gasteiger partial charge is 0.380 e. The van der Waals surface area contributed by atoms with Gasteiger partial charge in [0.05, 0.1) is 10.6 Å². The van der Waals surface area contributed by atoms with E-state index >= 15 is 0 Å². The van der Waals surface area contributed by atoms with Gasteiger partial charge in [0.25, 0.3) is 5.69 Å². The predicted octanol–water partition coefficient (Wildman–Crippen LogP) is 3.41. The summed E-state index contributed by atoms with van der Waals surface area (Å²) in [5.41, 5.74) is 0.142. The third kappa shape index (κ3) is 4.14. The topological polar surface area (TPSA) is 58.4 Å². The number of non-ortho nitro benzene ring substituents is 1. The first-order valence-corrected chi connectivity index (χ1v) is 7.42. The van der Waals surface area contributed by atoms with Gasteiger partial charge in [-0.25, -0.2) is 4.39 Å². The average Bonchev–Trinajstić information content (AvgIpc) is 2.66. The number of rotatable bonds is 4. The summed E-state index contributed by atoms with van der Waals surface area (Å²) in [5.74, 6) is -0.439. The van der Waals surface area contributed by atoms with Crippen LogP contribution in [0.25, 0.3) is 0 Å². The molecule has 1 aliphatic rings. The molecule has 0 spiro atoms. The van der Waals surface area contributed by atoms with Gasteiger partial charge in [-0.2, -0.15) is 0 Å². The first kappa shape index (κ1) is 15.7. The second kappa shape index (κ2) is 6.85. The molecule has 0 bridgehead atoms. The van der Waals surface area contributed by atoms with E-state index in [1.165, 1.54) is 12.1 Å². The lowest BCUT2D eigenvalue weighted by atomic mass is 10.1. The summed E-state index contributed by atoms with van der Waals surface area (Å²) in [6, 6.07) is 4.29. The number of nitro groups is 1. The number of nitrogens with zero attached hydrogens (tertiary/aromatic N) is 2. The van der Waals surface area contributed by atoms with Crippen molar-refractivity contribution in [3.63, 3.8) is 0 Å². The molecule has 0 aromatic heterocycles. The molecular weight excluding hydrogens is 273 g/mol. The zero-order chi connectivity index (χ0) is 15.4. The fourth-order valence-electron chi connectivity index (χ4n) is 2.74. The van der Waals surface area contributed by atoms with E-state index in [1.807, 2.05) is 0 Å². The van der Waals surface area contributed by atoms with Crippen LogP contribution in [0.3, 0.4) is 0 Å². The Morgan fingerprint density at radius 1 is 1.38 bits per heavy atom.